The van der Waals surface area contributed by atoms with Crippen molar-refractivity contribution in [3.05, 3.63) is 59.5 Å². The predicted molar refractivity (Wildman–Crippen MR) is 114 cm³/mol. The third-order valence-corrected chi connectivity index (χ3v) is 4.88. The van der Waals surface area contributed by atoms with Gasteiger partial charge in [0.15, 0.2) is 0 Å². The summed E-state index contributed by atoms with van der Waals surface area (Å²) in [6.07, 6.45) is 0. The minimum atomic E-state index is -1.09. The van der Waals surface area contributed by atoms with Crippen molar-refractivity contribution in [2.45, 2.75) is 25.4 Å². The fraction of sp³-hybridized carbons (Fsp3) is 0.450. The smallest absolute Gasteiger partial charge is 0.244 e. The maximum Gasteiger partial charge on any atom is 0.244 e. The van der Waals surface area contributed by atoms with Crippen molar-refractivity contribution in [1.29, 1.82) is 0 Å². The zero-order valence-electron chi connectivity index (χ0n) is 16.2. The fourth-order valence-electron chi connectivity index (χ4n) is 3.22. The summed E-state index contributed by atoms with van der Waals surface area (Å²) in [5, 5.41) is 3.02. The van der Waals surface area contributed by atoms with Gasteiger partial charge in [-0.05, 0) is 31.5 Å². The summed E-state index contributed by atoms with van der Waals surface area (Å²) in [6.45, 7) is 7.07. The van der Waals surface area contributed by atoms with E-state index in [4.69, 9.17) is 14.9 Å². The van der Waals surface area contributed by atoms with Crippen LogP contribution < -0.4 is 11.1 Å². The zero-order valence-corrected chi connectivity index (χ0v) is 17.9. The van der Waals surface area contributed by atoms with Gasteiger partial charge in [0.05, 0.1) is 19.3 Å². The number of halogens is 2. The van der Waals surface area contributed by atoms with Crippen LogP contribution in [0.1, 0.15) is 30.0 Å². The highest BCUT2D eigenvalue weighted by Gasteiger charge is 2.32. The van der Waals surface area contributed by atoms with Crippen molar-refractivity contribution in [1.82, 2.24) is 10.2 Å². The van der Waals surface area contributed by atoms with E-state index < -0.39 is 5.54 Å². The maximum absolute atomic E-state index is 12.8. The van der Waals surface area contributed by atoms with Gasteiger partial charge in [0, 0.05) is 19.6 Å². The molecule has 28 heavy (non-hydrogen) atoms. The molecular weight excluding hydrogens is 401 g/mol. The molecule has 0 spiro atoms. The number of furan rings is 1. The van der Waals surface area contributed by atoms with Crippen molar-refractivity contribution >= 4 is 30.7 Å². The second kappa shape index (κ2) is 10.8. The Morgan fingerprint density at radius 2 is 1.82 bits per heavy atom. The summed E-state index contributed by atoms with van der Waals surface area (Å²) < 4.78 is 11.3. The van der Waals surface area contributed by atoms with Crippen LogP contribution in [0.2, 0.25) is 0 Å². The lowest BCUT2D eigenvalue weighted by Crippen LogP contribution is -2.51. The number of hydrogen-bond donors (Lipinski definition) is 2. The van der Waals surface area contributed by atoms with Gasteiger partial charge in [0.1, 0.15) is 17.1 Å². The average molecular weight is 430 g/mol. The van der Waals surface area contributed by atoms with Crippen molar-refractivity contribution in [3.8, 4) is 0 Å². The van der Waals surface area contributed by atoms with Gasteiger partial charge in [-0.15, -0.1) is 24.8 Å². The Balaban J connectivity index is 0.00000196. The quantitative estimate of drug-likeness (QED) is 0.737. The van der Waals surface area contributed by atoms with Crippen LogP contribution in [0.4, 0.5) is 0 Å². The van der Waals surface area contributed by atoms with E-state index in [2.05, 4.69) is 10.2 Å². The number of hydrogen-bond acceptors (Lipinski definition) is 5. The number of nitrogens with two attached hydrogens (primary N) is 1. The lowest BCUT2D eigenvalue weighted by Gasteiger charge is -2.34. The molecule has 0 aliphatic carbocycles. The third-order valence-electron chi connectivity index (χ3n) is 4.88. The number of morpholine rings is 1. The van der Waals surface area contributed by atoms with Gasteiger partial charge in [-0.1, -0.05) is 30.3 Å². The van der Waals surface area contributed by atoms with Gasteiger partial charge in [-0.25, -0.2) is 0 Å². The molecule has 3 N–H and O–H groups in total. The Bertz CT molecular complexity index is 731. The molecule has 6 nitrogen and oxygen atoms in total. The van der Waals surface area contributed by atoms with Crippen LogP contribution in [-0.4, -0.2) is 43.7 Å². The molecule has 0 bridgehead atoms. The summed E-state index contributed by atoms with van der Waals surface area (Å²) in [6, 6.07) is 13.3. The minimum Gasteiger partial charge on any atom is -0.465 e. The monoisotopic (exact) mass is 429 g/mol. The first-order valence-electron chi connectivity index (χ1n) is 8.99. The lowest BCUT2D eigenvalue weighted by atomic mass is 9.92. The number of carbonyl (C=O) groups excluding carboxylic acids is 1. The Labute approximate surface area is 178 Å². The Morgan fingerprint density at radius 3 is 2.39 bits per heavy atom. The van der Waals surface area contributed by atoms with Gasteiger partial charge < -0.3 is 20.2 Å². The second-order valence-electron chi connectivity index (χ2n) is 6.89. The first kappa shape index (κ1) is 24.5. The lowest BCUT2D eigenvalue weighted by molar-refractivity contribution is -0.126. The van der Waals surface area contributed by atoms with E-state index in [0.717, 1.165) is 30.2 Å². The molecule has 1 fully saturated rings. The van der Waals surface area contributed by atoms with Crippen LogP contribution in [0.3, 0.4) is 0 Å². The van der Waals surface area contributed by atoms with Crippen LogP contribution in [0.25, 0.3) is 0 Å². The highest BCUT2D eigenvalue weighted by Crippen LogP contribution is 2.24. The molecule has 2 aromatic rings. The van der Waals surface area contributed by atoms with Crippen molar-refractivity contribution in [2.75, 3.05) is 32.8 Å². The number of nitrogens with one attached hydrogen (secondary N) is 1. The van der Waals surface area contributed by atoms with Crippen LogP contribution in [0.15, 0.2) is 46.9 Å². The van der Waals surface area contributed by atoms with E-state index in [1.807, 2.05) is 49.4 Å². The molecule has 1 aromatic carbocycles. The third kappa shape index (κ3) is 5.72. The Hall–Kier alpha value is -1.57. The number of carbonyl (C=O) groups is 1. The molecule has 1 aliphatic rings. The van der Waals surface area contributed by atoms with Gasteiger partial charge in [-0.2, -0.15) is 0 Å². The molecule has 156 valence electrons. The normalized spacial score (nSPS) is 17.5. The minimum absolute atomic E-state index is 0. The van der Waals surface area contributed by atoms with Gasteiger partial charge in [-0.3, -0.25) is 9.69 Å². The highest BCUT2D eigenvalue weighted by atomic mass is 35.5. The summed E-state index contributed by atoms with van der Waals surface area (Å²) in [4.78, 5) is 15.1. The van der Waals surface area contributed by atoms with Crippen LogP contribution in [0, 0.1) is 6.92 Å². The Kier molecular flexibility index (Phi) is 9.47. The van der Waals surface area contributed by atoms with E-state index in [1.165, 1.54) is 0 Å². The summed E-state index contributed by atoms with van der Waals surface area (Å²) in [5.41, 5.74) is 6.02. The summed E-state index contributed by atoms with van der Waals surface area (Å²) in [5.74, 6) is 1.51. The molecule has 1 amide bonds. The van der Waals surface area contributed by atoms with Crippen molar-refractivity contribution in [3.63, 3.8) is 0 Å². The van der Waals surface area contributed by atoms with E-state index in [-0.39, 0.29) is 36.8 Å². The standard InChI is InChI=1S/C20H27N3O3.2ClH/c1-15-8-9-18(26-15)17(23-10-12-25-13-11-23)14-22-19(24)20(2,21)16-6-4-3-5-7-16;;/h3-9,17H,10-14,21H2,1-2H3,(H,22,24);2*1H. The van der Waals surface area contributed by atoms with Gasteiger partial charge in [0.2, 0.25) is 5.91 Å². The highest BCUT2D eigenvalue weighted by molar-refractivity contribution is 5.87. The molecule has 1 aliphatic heterocycles. The topological polar surface area (TPSA) is 80.7 Å². The average Bonchev–Trinajstić information content (AvgIpc) is 3.09. The largest absolute Gasteiger partial charge is 0.465 e. The number of aryl methyl sites for hydroxylation is 1. The molecule has 2 atom stereocenters. The van der Waals surface area contributed by atoms with Crippen LogP contribution in [-0.2, 0) is 15.1 Å². The maximum atomic E-state index is 12.8. The number of nitrogens with zero attached hydrogens (tertiary/aromatic N) is 1. The van der Waals surface area contributed by atoms with E-state index in [0.29, 0.717) is 19.8 Å². The van der Waals surface area contributed by atoms with Gasteiger partial charge in [0.25, 0.3) is 0 Å². The molecule has 3 rings (SSSR count). The van der Waals surface area contributed by atoms with Crippen molar-refractivity contribution < 1.29 is 13.9 Å². The van der Waals surface area contributed by atoms with Crippen LogP contribution in [0.5, 0.6) is 0 Å². The van der Waals surface area contributed by atoms with Crippen molar-refractivity contribution in [2.24, 2.45) is 5.73 Å². The number of ether oxygens (including phenoxy) is 1. The molecule has 2 heterocycles. The Morgan fingerprint density at radius 1 is 1.18 bits per heavy atom. The number of rotatable bonds is 6. The molecular formula is C20H29Cl2N3O3. The SMILES string of the molecule is Cc1ccc(C(CNC(=O)C(C)(N)c2ccccc2)N2CCOCC2)o1.Cl.Cl. The molecule has 0 radical (unpaired) electrons. The molecule has 1 aromatic heterocycles. The summed E-state index contributed by atoms with van der Waals surface area (Å²) >= 11 is 0. The predicted octanol–water partition coefficient (Wildman–Crippen LogP) is 2.80. The number of amides is 1. The molecule has 8 heteroatoms. The summed E-state index contributed by atoms with van der Waals surface area (Å²) in [7, 11) is 0. The van der Waals surface area contributed by atoms with Crippen LogP contribution >= 0.6 is 24.8 Å². The first-order chi connectivity index (χ1) is 12.5. The van der Waals surface area contributed by atoms with E-state index >= 15 is 0 Å². The second-order valence-corrected chi connectivity index (χ2v) is 6.89. The van der Waals surface area contributed by atoms with E-state index in [1.54, 1.807) is 6.92 Å². The first-order valence-corrected chi connectivity index (χ1v) is 8.99. The zero-order chi connectivity index (χ0) is 18.6. The molecule has 1 saturated heterocycles. The fourth-order valence-corrected chi connectivity index (χ4v) is 3.22. The van der Waals surface area contributed by atoms with E-state index in [9.17, 15) is 4.79 Å². The molecule has 0 saturated carbocycles. The van der Waals surface area contributed by atoms with Gasteiger partial charge >= 0.3 is 0 Å². The number of benzene rings is 1. The molecule has 2 unspecified atom stereocenters.